The van der Waals surface area contributed by atoms with Crippen LogP contribution >= 0.6 is 0 Å². The van der Waals surface area contributed by atoms with Gasteiger partial charge < -0.3 is 19.9 Å². The number of carbonyl (C=O) groups is 1. The normalized spacial score (nSPS) is 16.9. The molecule has 1 N–H and O–H groups in total. The van der Waals surface area contributed by atoms with Crippen LogP contribution in [-0.4, -0.2) is 50.2 Å². The Hall–Kier alpha value is -3.34. The summed E-state index contributed by atoms with van der Waals surface area (Å²) < 4.78 is 45.6. The van der Waals surface area contributed by atoms with E-state index in [-0.39, 0.29) is 16.9 Å². The van der Waals surface area contributed by atoms with Gasteiger partial charge in [0, 0.05) is 38.3 Å². The molecule has 0 saturated carbocycles. The number of amides is 1. The zero-order chi connectivity index (χ0) is 24.3. The van der Waals surface area contributed by atoms with Crippen molar-refractivity contribution in [3.05, 3.63) is 57.6 Å². The number of benzene rings is 2. The lowest BCUT2D eigenvalue weighted by Crippen LogP contribution is -2.37. The lowest BCUT2D eigenvalue weighted by atomic mass is 10.1. The molecule has 2 aromatic carbocycles. The number of nitrogens with zero attached hydrogens (tertiary/aromatic N) is 3. The van der Waals surface area contributed by atoms with Crippen LogP contribution < -0.4 is 15.1 Å². The van der Waals surface area contributed by atoms with Crippen molar-refractivity contribution in [1.29, 1.82) is 0 Å². The molecule has 2 fully saturated rings. The molecular weight excluding hydrogens is 453 g/mol. The molecule has 2 aliphatic heterocycles. The molecule has 0 aliphatic carbocycles. The van der Waals surface area contributed by atoms with E-state index in [1.54, 1.807) is 0 Å². The molecule has 2 aromatic rings. The van der Waals surface area contributed by atoms with E-state index in [2.05, 4.69) is 5.32 Å². The number of nitro benzene ring substituents is 1. The minimum absolute atomic E-state index is 0.0260. The maximum Gasteiger partial charge on any atom is 0.416 e. The number of nitrogens with one attached hydrogen (secondary N) is 1. The second-order valence-electron chi connectivity index (χ2n) is 8.29. The Labute approximate surface area is 194 Å². The number of alkyl halides is 3. The molecule has 11 heteroatoms. The number of morpholine rings is 1. The molecule has 34 heavy (non-hydrogen) atoms. The number of carbonyl (C=O) groups excluding carboxylic acids is 1. The number of anilines is 3. The van der Waals surface area contributed by atoms with Crippen LogP contribution in [0.1, 0.15) is 35.2 Å². The first kappa shape index (κ1) is 23.8. The fourth-order valence-electron chi connectivity index (χ4n) is 4.31. The Bertz CT molecular complexity index is 1060. The van der Waals surface area contributed by atoms with Gasteiger partial charge in [-0.1, -0.05) is 0 Å². The summed E-state index contributed by atoms with van der Waals surface area (Å²) >= 11 is 0. The van der Waals surface area contributed by atoms with Crippen LogP contribution in [0.5, 0.6) is 0 Å². The number of ether oxygens (including phenoxy) is 1. The molecular formula is C23H25F3N4O4. The van der Waals surface area contributed by atoms with E-state index in [1.165, 1.54) is 18.2 Å². The third-order valence-corrected chi connectivity index (χ3v) is 6.06. The highest BCUT2D eigenvalue weighted by Gasteiger charge is 2.32. The summed E-state index contributed by atoms with van der Waals surface area (Å²) in [6.07, 6.45) is -1.74. The lowest BCUT2D eigenvalue weighted by Gasteiger charge is -2.32. The van der Waals surface area contributed by atoms with E-state index in [0.29, 0.717) is 50.8 Å². The van der Waals surface area contributed by atoms with Crippen molar-refractivity contribution in [3.63, 3.8) is 0 Å². The van der Waals surface area contributed by atoms with Crippen molar-refractivity contribution in [1.82, 2.24) is 0 Å². The quantitative estimate of drug-likeness (QED) is 0.496. The Morgan fingerprint density at radius 2 is 1.59 bits per heavy atom. The molecule has 0 atom stereocenters. The van der Waals surface area contributed by atoms with Crippen molar-refractivity contribution in [2.45, 2.75) is 25.4 Å². The van der Waals surface area contributed by atoms with Crippen LogP contribution in [0.3, 0.4) is 0 Å². The molecule has 8 nitrogen and oxygen atoms in total. The van der Waals surface area contributed by atoms with Gasteiger partial charge in [0.15, 0.2) is 0 Å². The molecule has 182 valence electrons. The second kappa shape index (κ2) is 9.88. The lowest BCUT2D eigenvalue weighted by molar-refractivity contribution is -0.384. The topological polar surface area (TPSA) is 88.0 Å². The molecule has 4 rings (SSSR count). The highest BCUT2D eigenvalue weighted by Crippen LogP contribution is 2.37. The number of rotatable bonds is 5. The van der Waals surface area contributed by atoms with Crippen LogP contribution in [0, 0.1) is 10.1 Å². The first-order valence-corrected chi connectivity index (χ1v) is 11.1. The maximum absolute atomic E-state index is 13.4. The van der Waals surface area contributed by atoms with Gasteiger partial charge >= 0.3 is 6.18 Å². The molecule has 2 saturated heterocycles. The molecule has 0 bridgehead atoms. The van der Waals surface area contributed by atoms with Gasteiger partial charge in [-0.25, -0.2) is 0 Å². The third kappa shape index (κ3) is 5.24. The number of halogens is 3. The van der Waals surface area contributed by atoms with Gasteiger partial charge in [-0.05, 0) is 43.5 Å². The maximum atomic E-state index is 13.4. The van der Waals surface area contributed by atoms with Crippen LogP contribution in [0.2, 0.25) is 0 Å². The van der Waals surface area contributed by atoms with Gasteiger partial charge in [0.05, 0.1) is 46.3 Å². The molecule has 0 aromatic heterocycles. The third-order valence-electron chi connectivity index (χ3n) is 6.06. The van der Waals surface area contributed by atoms with Crippen LogP contribution in [0.15, 0.2) is 36.4 Å². The smallest absolute Gasteiger partial charge is 0.378 e. The van der Waals surface area contributed by atoms with Gasteiger partial charge in [0.2, 0.25) is 0 Å². The first-order chi connectivity index (χ1) is 16.2. The first-order valence-electron chi connectivity index (χ1n) is 11.1. The predicted octanol–water partition coefficient (Wildman–Crippen LogP) is 4.69. The number of hydrogen-bond acceptors (Lipinski definition) is 6. The highest BCUT2D eigenvalue weighted by atomic mass is 19.4. The summed E-state index contributed by atoms with van der Waals surface area (Å²) in [4.78, 5) is 27.9. The standard InChI is InChI=1S/C23H25F3N4O4/c24-23(25,26)16-4-6-21(28-8-2-1-3-9-28)19(14-16)27-22(31)18-15-17(30(32)33)5-7-20(18)29-10-12-34-13-11-29/h4-7,14-15H,1-3,8-13H2,(H,27,31). The van der Waals surface area contributed by atoms with Crippen LogP contribution in [0.25, 0.3) is 0 Å². The number of nitro groups is 1. The summed E-state index contributed by atoms with van der Waals surface area (Å²) in [5.74, 6) is -0.706. The summed E-state index contributed by atoms with van der Waals surface area (Å²) in [7, 11) is 0. The molecule has 2 aliphatic rings. The number of non-ortho nitro benzene ring substituents is 1. The average molecular weight is 478 g/mol. The van der Waals surface area contributed by atoms with Crippen molar-refractivity contribution in [2.75, 3.05) is 54.5 Å². The number of hydrogen-bond donors (Lipinski definition) is 1. The SMILES string of the molecule is O=C(Nc1cc(C(F)(F)F)ccc1N1CCCCC1)c1cc([N+](=O)[O-])ccc1N1CCOCC1. The number of piperidine rings is 1. The van der Waals surface area contributed by atoms with Crippen molar-refractivity contribution in [3.8, 4) is 0 Å². The van der Waals surface area contributed by atoms with E-state index >= 15 is 0 Å². The minimum Gasteiger partial charge on any atom is -0.378 e. The van der Waals surface area contributed by atoms with Crippen molar-refractivity contribution in [2.24, 2.45) is 0 Å². The summed E-state index contributed by atoms with van der Waals surface area (Å²) in [6.45, 7) is 3.19. The zero-order valence-electron chi connectivity index (χ0n) is 18.4. The molecule has 0 spiro atoms. The van der Waals surface area contributed by atoms with E-state index in [4.69, 9.17) is 4.74 Å². The Kier molecular flexibility index (Phi) is 6.92. The Balaban J connectivity index is 1.72. The minimum atomic E-state index is -4.58. The van der Waals surface area contributed by atoms with Crippen LogP contribution in [0.4, 0.5) is 35.9 Å². The van der Waals surface area contributed by atoms with E-state index in [1.807, 2.05) is 9.80 Å². The second-order valence-corrected chi connectivity index (χ2v) is 8.29. The van der Waals surface area contributed by atoms with Gasteiger partial charge in [-0.15, -0.1) is 0 Å². The fraction of sp³-hybridized carbons (Fsp3) is 0.435. The summed E-state index contributed by atoms with van der Waals surface area (Å²) in [6, 6.07) is 7.27. The predicted molar refractivity (Wildman–Crippen MR) is 122 cm³/mol. The van der Waals surface area contributed by atoms with E-state index in [0.717, 1.165) is 37.5 Å². The van der Waals surface area contributed by atoms with Crippen LogP contribution in [-0.2, 0) is 10.9 Å². The summed E-state index contributed by atoms with van der Waals surface area (Å²) in [5.41, 5.74) is -0.130. The Morgan fingerprint density at radius 3 is 2.24 bits per heavy atom. The van der Waals surface area contributed by atoms with Gasteiger partial charge in [-0.3, -0.25) is 14.9 Å². The van der Waals surface area contributed by atoms with Gasteiger partial charge in [-0.2, -0.15) is 13.2 Å². The fourth-order valence-corrected chi connectivity index (χ4v) is 4.31. The van der Waals surface area contributed by atoms with Gasteiger partial charge in [0.1, 0.15) is 0 Å². The molecule has 2 heterocycles. The van der Waals surface area contributed by atoms with Crippen molar-refractivity contribution >= 4 is 28.7 Å². The summed E-state index contributed by atoms with van der Waals surface area (Å²) in [5, 5.41) is 14.0. The molecule has 0 radical (unpaired) electrons. The molecule has 1 amide bonds. The van der Waals surface area contributed by atoms with Gasteiger partial charge in [0.25, 0.3) is 11.6 Å². The van der Waals surface area contributed by atoms with Crippen molar-refractivity contribution < 1.29 is 27.6 Å². The average Bonchev–Trinajstić information content (AvgIpc) is 2.84. The van der Waals surface area contributed by atoms with E-state index < -0.39 is 22.6 Å². The molecule has 0 unspecified atom stereocenters. The largest absolute Gasteiger partial charge is 0.416 e. The van der Waals surface area contributed by atoms with E-state index in [9.17, 15) is 28.1 Å². The monoisotopic (exact) mass is 478 g/mol. The Morgan fingerprint density at radius 1 is 0.941 bits per heavy atom. The highest BCUT2D eigenvalue weighted by molar-refractivity contribution is 6.10. The zero-order valence-corrected chi connectivity index (χ0v) is 18.4.